The van der Waals surface area contributed by atoms with E-state index in [4.69, 9.17) is 0 Å². The average molecular weight is 453 g/mol. The molecule has 0 saturated carbocycles. The van der Waals surface area contributed by atoms with Crippen molar-refractivity contribution in [2.45, 2.75) is 6.54 Å². The van der Waals surface area contributed by atoms with Crippen LogP contribution in [0, 0.1) is 11.8 Å². The monoisotopic (exact) mass is 453 g/mol. The van der Waals surface area contributed by atoms with Crippen molar-refractivity contribution in [1.29, 1.82) is 0 Å². The Hall–Kier alpha value is -3.86. The third-order valence-corrected chi connectivity index (χ3v) is 5.95. The fourth-order valence-electron chi connectivity index (χ4n) is 4.19. The molecular formula is C22H21F2N7O2. The second-order valence-corrected chi connectivity index (χ2v) is 7.86. The van der Waals surface area contributed by atoms with Gasteiger partial charge in [-0.2, -0.15) is 4.39 Å². The lowest BCUT2D eigenvalue weighted by atomic mass is 10.1. The zero-order valence-electron chi connectivity index (χ0n) is 17.8. The van der Waals surface area contributed by atoms with Crippen molar-refractivity contribution in [3.05, 3.63) is 70.2 Å². The molecule has 0 aliphatic carbocycles. The summed E-state index contributed by atoms with van der Waals surface area (Å²) in [6, 6.07) is 6.51. The number of piperazine rings is 1. The highest BCUT2D eigenvalue weighted by molar-refractivity contribution is 5.92. The largest absolute Gasteiger partial charge is 0.365 e. The van der Waals surface area contributed by atoms with Crippen LogP contribution in [0.15, 0.2) is 41.5 Å². The highest BCUT2D eigenvalue weighted by Gasteiger charge is 2.23. The Morgan fingerprint density at radius 1 is 1.15 bits per heavy atom. The smallest absolute Gasteiger partial charge is 0.331 e. The maximum Gasteiger partial charge on any atom is 0.331 e. The van der Waals surface area contributed by atoms with Crippen LogP contribution in [0.1, 0.15) is 16.1 Å². The van der Waals surface area contributed by atoms with Crippen molar-refractivity contribution >= 4 is 28.1 Å². The molecule has 1 aliphatic heterocycles. The number of benzene rings is 1. The molecule has 0 spiro atoms. The van der Waals surface area contributed by atoms with Gasteiger partial charge in [-0.15, -0.1) is 0 Å². The SMILES string of the molecule is CNC(=O)c1ccc(N2CCN(Cc3ccc4c([nH]c(=O)n5ccnc45)c3F)CC2)c(F)n1. The number of amides is 1. The number of nitrogens with zero attached hydrogens (tertiary/aromatic N) is 5. The molecular weight excluding hydrogens is 432 g/mol. The number of halogens is 2. The van der Waals surface area contributed by atoms with Crippen LogP contribution < -0.4 is 15.9 Å². The predicted octanol–water partition coefficient (Wildman–Crippen LogP) is 1.53. The summed E-state index contributed by atoms with van der Waals surface area (Å²) in [4.78, 5) is 38.3. The van der Waals surface area contributed by atoms with Gasteiger partial charge in [0.2, 0.25) is 5.95 Å². The van der Waals surface area contributed by atoms with Gasteiger partial charge in [-0.25, -0.2) is 19.2 Å². The lowest BCUT2D eigenvalue weighted by Gasteiger charge is -2.36. The van der Waals surface area contributed by atoms with Gasteiger partial charge in [-0.1, -0.05) is 6.07 Å². The van der Waals surface area contributed by atoms with Crippen molar-refractivity contribution in [3.8, 4) is 0 Å². The molecule has 2 N–H and O–H groups in total. The lowest BCUT2D eigenvalue weighted by molar-refractivity contribution is 0.0957. The van der Waals surface area contributed by atoms with E-state index in [0.717, 1.165) is 0 Å². The second-order valence-electron chi connectivity index (χ2n) is 7.86. The van der Waals surface area contributed by atoms with Gasteiger partial charge in [0.15, 0.2) is 5.82 Å². The van der Waals surface area contributed by atoms with Crippen LogP contribution in [0.5, 0.6) is 0 Å². The molecule has 9 nitrogen and oxygen atoms in total. The van der Waals surface area contributed by atoms with Crippen molar-refractivity contribution in [2.24, 2.45) is 0 Å². The Labute approximate surface area is 186 Å². The van der Waals surface area contributed by atoms with Crippen molar-refractivity contribution in [3.63, 3.8) is 0 Å². The number of aromatic nitrogens is 4. The lowest BCUT2D eigenvalue weighted by Crippen LogP contribution is -2.46. The van der Waals surface area contributed by atoms with Crippen LogP contribution in [0.4, 0.5) is 14.5 Å². The van der Waals surface area contributed by atoms with E-state index in [9.17, 15) is 14.0 Å². The summed E-state index contributed by atoms with van der Waals surface area (Å²) in [6.45, 7) is 2.58. The van der Waals surface area contributed by atoms with Gasteiger partial charge in [0, 0.05) is 63.1 Å². The minimum atomic E-state index is -0.695. The summed E-state index contributed by atoms with van der Waals surface area (Å²) < 4.78 is 31.0. The number of H-pyrrole nitrogens is 1. The molecule has 1 aromatic carbocycles. The fraction of sp³-hybridized carbons (Fsp3) is 0.273. The standard InChI is InChI=1S/C22H21F2N7O2/c1-25-21(32)15-4-5-16(19(24)27-15)30-10-8-29(9-11-30)12-13-2-3-14-18(17(13)23)28-22(33)31-7-6-26-20(14)31/h2-7H,8-12H2,1H3,(H,25,32)(H,28,33). The minimum absolute atomic E-state index is 0.0230. The van der Waals surface area contributed by atoms with Crippen LogP contribution in [0.25, 0.3) is 16.6 Å². The van der Waals surface area contributed by atoms with E-state index in [1.807, 2.05) is 4.90 Å². The number of anilines is 1. The normalized spacial score (nSPS) is 14.8. The average Bonchev–Trinajstić information content (AvgIpc) is 3.32. The van der Waals surface area contributed by atoms with Crippen molar-refractivity contribution in [2.75, 3.05) is 38.1 Å². The first-order valence-corrected chi connectivity index (χ1v) is 10.5. The third-order valence-electron chi connectivity index (χ3n) is 5.95. The first kappa shape index (κ1) is 21.0. The molecule has 0 atom stereocenters. The molecule has 0 radical (unpaired) electrons. The summed E-state index contributed by atoms with van der Waals surface area (Å²) in [6.07, 6.45) is 3.03. The Bertz CT molecular complexity index is 1420. The molecule has 170 valence electrons. The zero-order chi connectivity index (χ0) is 23.1. The molecule has 1 aliphatic rings. The number of carbonyl (C=O) groups is 1. The quantitative estimate of drug-likeness (QED) is 0.455. The van der Waals surface area contributed by atoms with Crippen LogP contribution in [0.2, 0.25) is 0 Å². The molecule has 11 heteroatoms. The van der Waals surface area contributed by atoms with E-state index in [-0.39, 0.29) is 11.2 Å². The number of aromatic amines is 1. The number of rotatable bonds is 4. The number of imidazole rings is 1. The first-order valence-electron chi connectivity index (χ1n) is 10.5. The van der Waals surface area contributed by atoms with Gasteiger partial charge in [0.25, 0.3) is 5.91 Å². The van der Waals surface area contributed by atoms with E-state index in [1.54, 1.807) is 18.2 Å². The van der Waals surface area contributed by atoms with Crippen LogP contribution >= 0.6 is 0 Å². The molecule has 4 aromatic rings. The van der Waals surface area contributed by atoms with Crippen LogP contribution in [0.3, 0.4) is 0 Å². The van der Waals surface area contributed by atoms with E-state index in [0.29, 0.717) is 55.0 Å². The Kier molecular flexibility index (Phi) is 5.25. The molecule has 4 heterocycles. The van der Waals surface area contributed by atoms with Gasteiger partial charge in [-0.3, -0.25) is 14.1 Å². The second kappa shape index (κ2) is 8.24. The summed E-state index contributed by atoms with van der Waals surface area (Å²) >= 11 is 0. The van der Waals surface area contributed by atoms with E-state index in [2.05, 4.69) is 25.2 Å². The molecule has 5 rings (SSSR count). The Morgan fingerprint density at radius 3 is 2.67 bits per heavy atom. The number of hydrogen-bond acceptors (Lipinski definition) is 6. The highest BCUT2D eigenvalue weighted by atomic mass is 19.1. The molecule has 0 bridgehead atoms. The summed E-state index contributed by atoms with van der Waals surface area (Å²) in [5, 5.41) is 2.96. The molecule has 33 heavy (non-hydrogen) atoms. The van der Waals surface area contributed by atoms with Gasteiger partial charge in [0.1, 0.15) is 11.3 Å². The van der Waals surface area contributed by atoms with Crippen LogP contribution in [-0.4, -0.2) is 63.4 Å². The highest BCUT2D eigenvalue weighted by Crippen LogP contribution is 2.24. The first-order chi connectivity index (χ1) is 16.0. The number of nitrogens with one attached hydrogen (secondary N) is 2. The maximum atomic E-state index is 15.2. The van der Waals surface area contributed by atoms with E-state index in [1.165, 1.54) is 29.9 Å². The van der Waals surface area contributed by atoms with Crippen molar-refractivity contribution < 1.29 is 13.6 Å². The molecule has 1 saturated heterocycles. The van der Waals surface area contributed by atoms with E-state index < -0.39 is 23.4 Å². The topological polar surface area (TPSA) is 98.6 Å². The van der Waals surface area contributed by atoms with E-state index >= 15 is 4.39 Å². The van der Waals surface area contributed by atoms with Crippen LogP contribution in [-0.2, 0) is 6.54 Å². The minimum Gasteiger partial charge on any atom is -0.365 e. The molecule has 1 fully saturated rings. The van der Waals surface area contributed by atoms with Gasteiger partial charge in [-0.05, 0) is 18.2 Å². The summed E-state index contributed by atoms with van der Waals surface area (Å²) in [5.41, 5.74) is 0.920. The number of hydrogen-bond donors (Lipinski definition) is 2. The van der Waals surface area contributed by atoms with Crippen molar-refractivity contribution in [1.82, 2.24) is 29.6 Å². The Morgan fingerprint density at radius 2 is 1.94 bits per heavy atom. The number of pyridine rings is 1. The summed E-state index contributed by atoms with van der Waals surface area (Å²) in [5.74, 6) is -1.62. The van der Waals surface area contributed by atoms with Gasteiger partial charge < -0.3 is 15.2 Å². The zero-order valence-corrected chi connectivity index (χ0v) is 17.8. The molecule has 0 unspecified atom stereocenters. The maximum absolute atomic E-state index is 15.2. The third kappa shape index (κ3) is 3.69. The van der Waals surface area contributed by atoms with Gasteiger partial charge >= 0.3 is 5.69 Å². The molecule has 1 amide bonds. The number of fused-ring (bicyclic) bond motifs is 3. The van der Waals surface area contributed by atoms with Gasteiger partial charge in [0.05, 0.1) is 11.2 Å². The number of carbonyl (C=O) groups excluding carboxylic acids is 1. The Balaban J connectivity index is 1.31. The fourth-order valence-corrected chi connectivity index (χ4v) is 4.19. The summed E-state index contributed by atoms with van der Waals surface area (Å²) in [7, 11) is 1.46. The predicted molar refractivity (Wildman–Crippen MR) is 118 cm³/mol. The molecule has 3 aromatic heterocycles.